The topological polar surface area (TPSA) is 114 Å². The van der Waals surface area contributed by atoms with E-state index in [1.807, 2.05) is 51.1 Å². The zero-order valence-electron chi connectivity index (χ0n) is 22.1. The maximum atomic E-state index is 14.6. The Balaban J connectivity index is 0.00000370. The van der Waals surface area contributed by atoms with Crippen molar-refractivity contribution in [1.82, 2.24) is 19.7 Å². The molecule has 0 radical (unpaired) electrons. The molecule has 0 saturated carbocycles. The van der Waals surface area contributed by atoms with E-state index in [4.69, 9.17) is 14.9 Å². The molecule has 0 unspecified atom stereocenters. The van der Waals surface area contributed by atoms with Gasteiger partial charge in [0.05, 0.1) is 41.1 Å². The van der Waals surface area contributed by atoms with Crippen LogP contribution in [0.15, 0.2) is 79.1 Å². The van der Waals surface area contributed by atoms with Crippen molar-refractivity contribution in [2.24, 2.45) is 0 Å². The molecule has 0 bridgehead atoms. The fourth-order valence-electron chi connectivity index (χ4n) is 3.86. The number of aromatic nitrogens is 4. The minimum atomic E-state index is -0.649. The number of hydrogen-bond donors (Lipinski definition) is 3. The number of anilines is 2. The van der Waals surface area contributed by atoms with E-state index in [9.17, 15) is 9.18 Å². The Morgan fingerprint density at radius 3 is 2.52 bits per heavy atom. The standard InChI is InChI=1S/C29H27FN6O3.ClH/c1-29(2,3)26-15-27(36(35-26)20-7-11-24-18(13-20)5-4-12-31-24)34-28(38)33-25-14-21(9-10-23(25)30)39-22-8-6-19(17-37)32-16-22;/h4-16,37H,17H2,1-3H3,(H2,33,34,38);1H. The zero-order chi connectivity index (χ0) is 27.6. The summed E-state index contributed by atoms with van der Waals surface area (Å²) in [5.41, 5.74) is 2.50. The Hall–Kier alpha value is -4.54. The first kappa shape index (κ1) is 28.5. The van der Waals surface area contributed by atoms with Crippen molar-refractivity contribution >= 4 is 40.8 Å². The molecule has 3 heterocycles. The minimum Gasteiger partial charge on any atom is -0.456 e. The fraction of sp³-hybridized carbons (Fsp3) is 0.172. The molecule has 206 valence electrons. The summed E-state index contributed by atoms with van der Waals surface area (Å²) < 4.78 is 22.0. The molecule has 0 aliphatic carbocycles. The maximum Gasteiger partial charge on any atom is 0.324 e. The van der Waals surface area contributed by atoms with E-state index >= 15 is 0 Å². The highest BCUT2D eigenvalue weighted by Gasteiger charge is 2.22. The lowest BCUT2D eigenvalue weighted by Crippen LogP contribution is -2.22. The number of pyridine rings is 2. The normalized spacial score (nSPS) is 11.1. The van der Waals surface area contributed by atoms with Crippen molar-refractivity contribution in [2.75, 3.05) is 10.6 Å². The smallest absolute Gasteiger partial charge is 0.324 e. The van der Waals surface area contributed by atoms with Gasteiger partial charge in [-0.05, 0) is 48.5 Å². The van der Waals surface area contributed by atoms with Crippen molar-refractivity contribution < 1.29 is 19.0 Å². The number of amides is 2. The molecule has 2 amide bonds. The molecule has 11 heteroatoms. The Kier molecular flexibility index (Phi) is 8.32. The van der Waals surface area contributed by atoms with E-state index in [0.717, 1.165) is 22.3 Å². The molecule has 2 aromatic carbocycles. The van der Waals surface area contributed by atoms with Crippen molar-refractivity contribution in [2.45, 2.75) is 32.8 Å². The number of nitrogens with one attached hydrogen (secondary N) is 2. The first-order chi connectivity index (χ1) is 18.7. The molecule has 5 rings (SSSR count). The fourth-order valence-corrected chi connectivity index (χ4v) is 3.86. The SMILES string of the molecule is CC(C)(C)c1cc(NC(=O)Nc2cc(Oc3ccc(CO)nc3)ccc2F)n(-c2ccc3ncccc3c2)n1.Cl. The second kappa shape index (κ2) is 11.7. The van der Waals surface area contributed by atoms with Crippen LogP contribution in [-0.4, -0.2) is 30.9 Å². The third-order valence-corrected chi connectivity index (χ3v) is 5.93. The second-order valence-electron chi connectivity index (χ2n) is 9.92. The zero-order valence-corrected chi connectivity index (χ0v) is 22.9. The van der Waals surface area contributed by atoms with E-state index < -0.39 is 11.8 Å². The van der Waals surface area contributed by atoms with Gasteiger partial charge < -0.3 is 15.2 Å². The van der Waals surface area contributed by atoms with Crippen molar-refractivity contribution in [3.63, 3.8) is 0 Å². The number of halogens is 2. The highest BCUT2D eigenvalue weighted by Crippen LogP contribution is 2.29. The van der Waals surface area contributed by atoms with Crippen LogP contribution in [0, 0.1) is 5.82 Å². The van der Waals surface area contributed by atoms with Gasteiger partial charge >= 0.3 is 6.03 Å². The quantitative estimate of drug-likeness (QED) is 0.215. The number of ether oxygens (including phenoxy) is 1. The molecule has 0 aliphatic rings. The summed E-state index contributed by atoms with van der Waals surface area (Å²) in [5.74, 6) is 0.495. The molecule has 0 fully saturated rings. The maximum absolute atomic E-state index is 14.6. The number of aliphatic hydroxyl groups is 1. The summed E-state index contributed by atoms with van der Waals surface area (Å²) in [4.78, 5) is 21.4. The van der Waals surface area contributed by atoms with Crippen LogP contribution in [0.3, 0.4) is 0 Å². The Morgan fingerprint density at radius 1 is 1.00 bits per heavy atom. The van der Waals surface area contributed by atoms with E-state index in [-0.39, 0.29) is 30.1 Å². The molecule has 0 atom stereocenters. The van der Waals surface area contributed by atoms with Crippen LogP contribution >= 0.6 is 12.4 Å². The minimum absolute atomic E-state index is 0. The van der Waals surface area contributed by atoms with Gasteiger partial charge in [-0.2, -0.15) is 5.10 Å². The van der Waals surface area contributed by atoms with Gasteiger partial charge in [0.1, 0.15) is 23.1 Å². The highest BCUT2D eigenvalue weighted by atomic mass is 35.5. The van der Waals surface area contributed by atoms with Gasteiger partial charge in [0, 0.05) is 29.1 Å². The monoisotopic (exact) mass is 562 g/mol. The lowest BCUT2D eigenvalue weighted by atomic mass is 9.92. The molecule has 5 aromatic rings. The van der Waals surface area contributed by atoms with Gasteiger partial charge in [0.15, 0.2) is 0 Å². The molecule has 3 N–H and O–H groups in total. The predicted molar refractivity (Wildman–Crippen MR) is 154 cm³/mol. The second-order valence-corrected chi connectivity index (χ2v) is 9.92. The average Bonchev–Trinajstić information content (AvgIpc) is 3.35. The van der Waals surface area contributed by atoms with Crippen LogP contribution in [0.5, 0.6) is 11.5 Å². The number of hydrogen-bond acceptors (Lipinski definition) is 6. The van der Waals surface area contributed by atoms with Crippen LogP contribution in [0.25, 0.3) is 16.6 Å². The molecule has 0 saturated heterocycles. The summed E-state index contributed by atoms with van der Waals surface area (Å²) in [7, 11) is 0. The van der Waals surface area contributed by atoms with E-state index in [1.54, 1.807) is 29.1 Å². The molecule has 9 nitrogen and oxygen atoms in total. The molecule has 3 aromatic heterocycles. The third-order valence-electron chi connectivity index (χ3n) is 5.93. The third kappa shape index (κ3) is 6.36. The Labute approximate surface area is 236 Å². The Bertz CT molecular complexity index is 1650. The number of fused-ring (bicyclic) bond motifs is 1. The lowest BCUT2D eigenvalue weighted by Gasteiger charge is -2.14. The number of benzene rings is 2. The highest BCUT2D eigenvalue weighted by molar-refractivity contribution is 5.99. The molecular formula is C29H28ClFN6O3. The van der Waals surface area contributed by atoms with Gasteiger partial charge in [-0.1, -0.05) is 26.8 Å². The summed E-state index contributed by atoms with van der Waals surface area (Å²) in [6.45, 7) is 5.90. The van der Waals surface area contributed by atoms with Gasteiger partial charge in [0.25, 0.3) is 0 Å². The van der Waals surface area contributed by atoms with Gasteiger partial charge in [-0.3, -0.25) is 15.3 Å². The number of carbonyl (C=O) groups is 1. The number of rotatable bonds is 6. The lowest BCUT2D eigenvalue weighted by molar-refractivity contribution is 0.262. The number of aliphatic hydroxyl groups excluding tert-OH is 1. The van der Waals surface area contributed by atoms with Gasteiger partial charge in [-0.25, -0.2) is 13.9 Å². The first-order valence-electron chi connectivity index (χ1n) is 12.3. The summed E-state index contributed by atoms with van der Waals surface area (Å²) in [6.07, 6.45) is 3.18. The number of nitrogens with zero attached hydrogens (tertiary/aromatic N) is 4. The average molecular weight is 563 g/mol. The van der Waals surface area contributed by atoms with E-state index in [0.29, 0.717) is 23.0 Å². The van der Waals surface area contributed by atoms with Crippen molar-refractivity contribution in [3.8, 4) is 17.2 Å². The summed E-state index contributed by atoms with van der Waals surface area (Å²) >= 11 is 0. The van der Waals surface area contributed by atoms with E-state index in [1.165, 1.54) is 24.4 Å². The van der Waals surface area contributed by atoms with E-state index in [2.05, 4.69) is 20.6 Å². The van der Waals surface area contributed by atoms with Crippen LogP contribution in [0.1, 0.15) is 32.2 Å². The van der Waals surface area contributed by atoms with Gasteiger partial charge in [0.2, 0.25) is 0 Å². The first-order valence-corrected chi connectivity index (χ1v) is 12.3. The predicted octanol–water partition coefficient (Wildman–Crippen LogP) is 6.60. The Morgan fingerprint density at radius 2 is 1.80 bits per heavy atom. The van der Waals surface area contributed by atoms with Crippen LogP contribution in [0.4, 0.5) is 20.7 Å². The summed E-state index contributed by atoms with van der Waals surface area (Å²) in [5, 5.41) is 20.2. The largest absolute Gasteiger partial charge is 0.456 e. The number of carbonyl (C=O) groups excluding carboxylic acids is 1. The summed E-state index contributed by atoms with van der Waals surface area (Å²) in [6, 6.07) is 17.9. The molecule has 0 spiro atoms. The van der Waals surface area contributed by atoms with Gasteiger partial charge in [-0.15, -0.1) is 12.4 Å². The molecular weight excluding hydrogens is 535 g/mol. The van der Waals surface area contributed by atoms with Crippen LogP contribution in [-0.2, 0) is 12.0 Å². The molecule has 40 heavy (non-hydrogen) atoms. The van der Waals surface area contributed by atoms with Crippen LogP contribution in [0.2, 0.25) is 0 Å². The van der Waals surface area contributed by atoms with Crippen LogP contribution < -0.4 is 15.4 Å². The van der Waals surface area contributed by atoms with Crippen molar-refractivity contribution in [3.05, 3.63) is 96.3 Å². The molecule has 0 aliphatic heterocycles. The van der Waals surface area contributed by atoms with Crippen molar-refractivity contribution in [1.29, 1.82) is 0 Å². The number of urea groups is 1.